The van der Waals surface area contributed by atoms with Crippen molar-refractivity contribution in [2.24, 2.45) is 0 Å². The molecule has 1 saturated heterocycles. The monoisotopic (exact) mass is 324 g/mol. The Morgan fingerprint density at radius 3 is 2.79 bits per heavy atom. The third-order valence-electron chi connectivity index (χ3n) is 4.96. The summed E-state index contributed by atoms with van der Waals surface area (Å²) in [5, 5.41) is 1.14. The van der Waals surface area contributed by atoms with Gasteiger partial charge in [0.25, 0.3) is 0 Å². The Hall–Kier alpha value is -2.43. The van der Waals surface area contributed by atoms with E-state index in [1.54, 1.807) is 12.1 Å². The quantitative estimate of drug-likeness (QED) is 0.772. The van der Waals surface area contributed by atoms with Gasteiger partial charge in [-0.15, -0.1) is 0 Å². The Bertz CT molecular complexity index is 878. The minimum atomic E-state index is -0.195. The molecule has 1 N–H and O–H groups in total. The number of halogens is 1. The average molecular weight is 324 g/mol. The molecule has 0 saturated carbocycles. The molecule has 4 rings (SSSR count). The minimum Gasteiger partial charge on any atom is -0.361 e. The number of hydrogen-bond donors (Lipinski definition) is 1. The van der Waals surface area contributed by atoms with Crippen molar-refractivity contribution in [1.82, 2.24) is 15.0 Å². The number of piperidine rings is 1. The van der Waals surface area contributed by atoms with Gasteiger partial charge in [0.15, 0.2) is 0 Å². The molecule has 3 aromatic rings. The minimum absolute atomic E-state index is 0.195. The Balaban J connectivity index is 1.54. The zero-order valence-corrected chi connectivity index (χ0v) is 14.0. The number of hydrogen-bond acceptors (Lipinski definition) is 3. The molecule has 2 aromatic heterocycles. The first-order valence-electron chi connectivity index (χ1n) is 8.43. The fourth-order valence-corrected chi connectivity index (χ4v) is 3.69. The fourth-order valence-electron chi connectivity index (χ4n) is 3.69. The van der Waals surface area contributed by atoms with Crippen molar-refractivity contribution >= 4 is 16.7 Å². The van der Waals surface area contributed by atoms with Crippen LogP contribution in [0.3, 0.4) is 0 Å². The number of fused-ring (bicyclic) bond motifs is 1. The summed E-state index contributed by atoms with van der Waals surface area (Å²) in [5.74, 6) is 1.31. The van der Waals surface area contributed by atoms with E-state index in [2.05, 4.69) is 19.9 Å². The summed E-state index contributed by atoms with van der Waals surface area (Å²) in [4.78, 5) is 14.6. The number of nitrogens with zero attached hydrogens (tertiary/aromatic N) is 3. The number of aryl methyl sites for hydroxylation is 2. The number of H-pyrrole nitrogens is 1. The fraction of sp³-hybridized carbons (Fsp3) is 0.368. The van der Waals surface area contributed by atoms with Crippen LogP contribution in [-0.2, 0) is 0 Å². The average Bonchev–Trinajstić information content (AvgIpc) is 3.00. The van der Waals surface area contributed by atoms with Gasteiger partial charge in [0.05, 0.1) is 11.4 Å². The maximum Gasteiger partial charge on any atom is 0.150 e. The second-order valence-electron chi connectivity index (χ2n) is 6.62. The molecule has 0 radical (unpaired) electrons. The Labute approximate surface area is 140 Å². The van der Waals surface area contributed by atoms with Gasteiger partial charge < -0.3 is 9.88 Å². The van der Waals surface area contributed by atoms with E-state index in [9.17, 15) is 4.39 Å². The number of nitrogens with one attached hydrogen (secondary N) is 1. The number of rotatable bonds is 2. The van der Waals surface area contributed by atoms with Crippen molar-refractivity contribution in [2.75, 3.05) is 18.0 Å². The van der Waals surface area contributed by atoms with Gasteiger partial charge in [-0.3, -0.25) is 4.98 Å². The lowest BCUT2D eigenvalue weighted by molar-refractivity contribution is 0.503. The summed E-state index contributed by atoms with van der Waals surface area (Å²) in [6, 6.07) is 5.00. The van der Waals surface area contributed by atoms with Crippen molar-refractivity contribution in [2.45, 2.75) is 32.6 Å². The van der Waals surface area contributed by atoms with Crippen LogP contribution in [0.5, 0.6) is 0 Å². The van der Waals surface area contributed by atoms with Crippen molar-refractivity contribution in [3.8, 4) is 0 Å². The second kappa shape index (κ2) is 5.89. The van der Waals surface area contributed by atoms with Gasteiger partial charge in [0, 0.05) is 36.4 Å². The van der Waals surface area contributed by atoms with Crippen LogP contribution in [0.2, 0.25) is 0 Å². The maximum atomic E-state index is 13.4. The molecule has 0 amide bonds. The lowest BCUT2D eigenvalue weighted by Gasteiger charge is -2.33. The van der Waals surface area contributed by atoms with E-state index in [-0.39, 0.29) is 5.82 Å². The SMILES string of the molecule is Cc1cnc(C)c(N2CCC(c3c[nH]c4cc(F)ccc34)CC2)n1. The molecule has 0 aliphatic carbocycles. The number of benzene rings is 1. The summed E-state index contributed by atoms with van der Waals surface area (Å²) >= 11 is 0. The second-order valence-corrected chi connectivity index (χ2v) is 6.62. The van der Waals surface area contributed by atoms with Crippen molar-refractivity contribution < 1.29 is 4.39 Å². The zero-order chi connectivity index (χ0) is 16.7. The maximum absolute atomic E-state index is 13.4. The Kier molecular flexibility index (Phi) is 3.71. The number of anilines is 1. The molecule has 0 bridgehead atoms. The van der Waals surface area contributed by atoms with Gasteiger partial charge in [0.1, 0.15) is 11.6 Å². The van der Waals surface area contributed by atoms with Gasteiger partial charge >= 0.3 is 0 Å². The van der Waals surface area contributed by atoms with E-state index in [0.29, 0.717) is 5.92 Å². The molecule has 1 aromatic carbocycles. The van der Waals surface area contributed by atoms with Gasteiger partial charge in [-0.2, -0.15) is 0 Å². The summed E-state index contributed by atoms with van der Waals surface area (Å²) in [5.41, 5.74) is 4.13. The van der Waals surface area contributed by atoms with Crippen LogP contribution in [0.25, 0.3) is 10.9 Å². The van der Waals surface area contributed by atoms with E-state index in [4.69, 9.17) is 0 Å². The molecule has 1 fully saturated rings. The van der Waals surface area contributed by atoms with Crippen LogP contribution in [0.4, 0.5) is 10.2 Å². The molecule has 4 nitrogen and oxygen atoms in total. The van der Waals surface area contributed by atoms with Crippen LogP contribution >= 0.6 is 0 Å². The van der Waals surface area contributed by atoms with E-state index < -0.39 is 0 Å². The topological polar surface area (TPSA) is 44.8 Å². The number of aromatic nitrogens is 3. The van der Waals surface area contributed by atoms with Gasteiger partial charge in [-0.25, -0.2) is 9.37 Å². The predicted octanol–water partition coefficient (Wildman–Crippen LogP) is 4.10. The highest BCUT2D eigenvalue weighted by atomic mass is 19.1. The largest absolute Gasteiger partial charge is 0.361 e. The highest BCUT2D eigenvalue weighted by Crippen LogP contribution is 2.34. The summed E-state index contributed by atoms with van der Waals surface area (Å²) in [7, 11) is 0. The Morgan fingerprint density at radius 1 is 1.21 bits per heavy atom. The van der Waals surface area contributed by atoms with E-state index in [0.717, 1.165) is 54.0 Å². The normalized spacial score (nSPS) is 16.0. The first-order valence-corrected chi connectivity index (χ1v) is 8.43. The molecule has 24 heavy (non-hydrogen) atoms. The first-order chi connectivity index (χ1) is 11.6. The van der Waals surface area contributed by atoms with Crippen LogP contribution < -0.4 is 4.90 Å². The molecular weight excluding hydrogens is 303 g/mol. The van der Waals surface area contributed by atoms with Crippen molar-refractivity contribution in [3.05, 3.63) is 53.4 Å². The first kappa shape index (κ1) is 15.1. The molecule has 0 atom stereocenters. The smallest absolute Gasteiger partial charge is 0.150 e. The molecule has 1 aliphatic heterocycles. The summed E-state index contributed by atoms with van der Waals surface area (Å²) in [6.45, 7) is 5.94. The molecule has 1 aliphatic rings. The van der Waals surface area contributed by atoms with E-state index in [1.807, 2.05) is 32.3 Å². The van der Waals surface area contributed by atoms with Gasteiger partial charge in [-0.1, -0.05) is 0 Å². The van der Waals surface area contributed by atoms with Crippen LogP contribution in [-0.4, -0.2) is 28.0 Å². The summed E-state index contributed by atoms with van der Waals surface area (Å²) < 4.78 is 13.4. The molecule has 124 valence electrons. The van der Waals surface area contributed by atoms with Gasteiger partial charge in [-0.05, 0) is 56.4 Å². The van der Waals surface area contributed by atoms with Gasteiger partial charge in [0.2, 0.25) is 0 Å². The predicted molar refractivity (Wildman–Crippen MR) is 94.0 cm³/mol. The third kappa shape index (κ3) is 2.64. The summed E-state index contributed by atoms with van der Waals surface area (Å²) in [6.07, 6.45) is 6.00. The third-order valence-corrected chi connectivity index (χ3v) is 4.96. The molecule has 0 unspecified atom stereocenters. The standard InChI is InChI=1S/C19H21FN4/c1-12-10-21-13(2)19(23-12)24-7-5-14(6-8-24)17-11-22-18-9-15(20)3-4-16(17)18/h3-4,9-11,14,22H,5-8H2,1-2H3. The molecule has 5 heteroatoms. The van der Waals surface area contributed by atoms with Crippen LogP contribution in [0.1, 0.15) is 35.7 Å². The lowest BCUT2D eigenvalue weighted by atomic mass is 9.89. The molecular formula is C19H21FN4. The molecule has 0 spiro atoms. The number of aromatic amines is 1. The van der Waals surface area contributed by atoms with E-state index in [1.165, 1.54) is 5.56 Å². The van der Waals surface area contributed by atoms with Crippen molar-refractivity contribution in [1.29, 1.82) is 0 Å². The Morgan fingerprint density at radius 2 is 2.00 bits per heavy atom. The van der Waals surface area contributed by atoms with E-state index >= 15 is 0 Å². The molecule has 3 heterocycles. The van der Waals surface area contributed by atoms with Crippen LogP contribution in [0.15, 0.2) is 30.6 Å². The van der Waals surface area contributed by atoms with Crippen molar-refractivity contribution in [3.63, 3.8) is 0 Å². The lowest BCUT2D eigenvalue weighted by Crippen LogP contribution is -2.34. The van der Waals surface area contributed by atoms with Crippen LogP contribution in [0, 0.1) is 19.7 Å². The highest BCUT2D eigenvalue weighted by molar-refractivity contribution is 5.83. The zero-order valence-electron chi connectivity index (χ0n) is 14.0. The highest BCUT2D eigenvalue weighted by Gasteiger charge is 2.24.